The van der Waals surface area contributed by atoms with Crippen molar-refractivity contribution >= 4 is 79.7 Å². The molecule has 0 fully saturated rings. The first-order valence-electron chi connectivity index (χ1n) is 5.89. The smallest absolute Gasteiger partial charge is 0.257 e. The van der Waals surface area contributed by atoms with Crippen molar-refractivity contribution in [1.82, 2.24) is 5.32 Å². The molecule has 0 radical (unpaired) electrons. The number of carbonyl (C=O) groups is 1. The molecule has 3 nitrogen and oxygen atoms in total. The van der Waals surface area contributed by atoms with Crippen molar-refractivity contribution in [2.75, 3.05) is 5.32 Å². The molecule has 0 aliphatic carbocycles. The lowest BCUT2D eigenvalue weighted by atomic mass is 10.2. The Hall–Kier alpha value is -0.850. The molecule has 0 saturated heterocycles. The lowest BCUT2D eigenvalue weighted by Gasteiger charge is -2.10. The molecule has 1 amide bonds. The maximum Gasteiger partial charge on any atom is 0.257 e. The lowest BCUT2D eigenvalue weighted by Crippen LogP contribution is -2.34. The summed E-state index contributed by atoms with van der Waals surface area (Å²) in [5, 5.41) is 6.78. The van der Waals surface area contributed by atoms with Gasteiger partial charge in [-0.05, 0) is 64.5 Å². The Morgan fingerprint density at radius 1 is 1.00 bits per heavy atom. The van der Waals surface area contributed by atoms with E-state index in [0.717, 1.165) is 4.47 Å². The van der Waals surface area contributed by atoms with Crippen LogP contribution in [0, 0.1) is 0 Å². The zero-order chi connectivity index (χ0) is 16.3. The number of amides is 1. The maximum atomic E-state index is 12.1. The second kappa shape index (κ2) is 7.62. The zero-order valence-electron chi connectivity index (χ0n) is 10.8. The quantitative estimate of drug-likeness (QED) is 0.605. The van der Waals surface area contributed by atoms with Crippen LogP contribution in [0.1, 0.15) is 10.4 Å². The van der Waals surface area contributed by atoms with Gasteiger partial charge in [-0.3, -0.25) is 10.1 Å². The maximum absolute atomic E-state index is 12.1. The highest BCUT2D eigenvalue weighted by molar-refractivity contribution is 9.10. The molecule has 0 aliphatic heterocycles. The van der Waals surface area contributed by atoms with Crippen LogP contribution >= 0.6 is 63.0 Å². The van der Waals surface area contributed by atoms with E-state index in [4.69, 9.17) is 47.0 Å². The molecule has 22 heavy (non-hydrogen) atoms. The molecule has 2 rings (SSSR count). The minimum absolute atomic E-state index is 0.148. The number of nitrogens with one attached hydrogen (secondary N) is 2. The number of carbonyl (C=O) groups excluding carboxylic acids is 1. The molecular formula is C14H8BrCl3N2OS. The summed E-state index contributed by atoms with van der Waals surface area (Å²) in [6.45, 7) is 0. The van der Waals surface area contributed by atoms with Gasteiger partial charge in [0.2, 0.25) is 0 Å². The first-order valence-corrected chi connectivity index (χ1v) is 8.23. The third-order valence-corrected chi connectivity index (χ3v) is 4.76. The Kier molecular flexibility index (Phi) is 6.06. The van der Waals surface area contributed by atoms with Crippen LogP contribution < -0.4 is 10.6 Å². The molecule has 0 bridgehead atoms. The van der Waals surface area contributed by atoms with E-state index in [1.807, 2.05) is 0 Å². The van der Waals surface area contributed by atoms with E-state index >= 15 is 0 Å². The first-order chi connectivity index (χ1) is 10.4. The average molecular weight is 439 g/mol. The number of halogens is 4. The molecule has 0 unspecified atom stereocenters. The van der Waals surface area contributed by atoms with E-state index in [-0.39, 0.29) is 11.0 Å². The summed E-state index contributed by atoms with van der Waals surface area (Å²) < 4.78 is 0.769. The molecule has 114 valence electrons. The van der Waals surface area contributed by atoms with Crippen LogP contribution in [0.15, 0.2) is 40.9 Å². The molecule has 0 saturated carbocycles. The normalized spacial score (nSPS) is 10.2. The standard InChI is InChI=1S/C14H8BrCl3N2OS/c15-9-3-2-8(6-11(9)17)19-14(22)20-13(21)7-1-4-10(16)12(18)5-7/h1-6H,(H2,19,20,21,22). The van der Waals surface area contributed by atoms with Gasteiger partial charge in [0.15, 0.2) is 5.11 Å². The van der Waals surface area contributed by atoms with Gasteiger partial charge < -0.3 is 5.32 Å². The molecule has 2 N–H and O–H groups in total. The summed E-state index contributed by atoms with van der Waals surface area (Å²) in [7, 11) is 0. The van der Waals surface area contributed by atoms with E-state index in [1.54, 1.807) is 30.3 Å². The van der Waals surface area contributed by atoms with E-state index in [0.29, 0.717) is 26.3 Å². The topological polar surface area (TPSA) is 41.1 Å². The highest BCUT2D eigenvalue weighted by Gasteiger charge is 2.10. The molecule has 8 heteroatoms. The van der Waals surface area contributed by atoms with Gasteiger partial charge in [-0.1, -0.05) is 34.8 Å². The minimum atomic E-state index is -0.390. The van der Waals surface area contributed by atoms with Gasteiger partial charge >= 0.3 is 0 Å². The summed E-state index contributed by atoms with van der Waals surface area (Å²) in [6, 6.07) is 9.80. The van der Waals surface area contributed by atoms with Crippen molar-refractivity contribution in [3.05, 3.63) is 61.5 Å². The number of hydrogen-bond donors (Lipinski definition) is 2. The first kappa shape index (κ1) is 17.5. The molecule has 0 aliphatic rings. The van der Waals surface area contributed by atoms with Gasteiger partial charge in [0, 0.05) is 15.7 Å². The summed E-state index contributed by atoms with van der Waals surface area (Å²) in [5.41, 5.74) is 1.01. The van der Waals surface area contributed by atoms with Crippen LogP contribution in [0.25, 0.3) is 0 Å². The lowest BCUT2D eigenvalue weighted by molar-refractivity contribution is 0.0978. The van der Waals surface area contributed by atoms with Crippen molar-refractivity contribution in [1.29, 1.82) is 0 Å². The predicted molar refractivity (Wildman–Crippen MR) is 99.3 cm³/mol. The summed E-state index contributed by atoms with van der Waals surface area (Å²) in [6.07, 6.45) is 0. The molecular weight excluding hydrogens is 430 g/mol. The number of hydrogen-bond acceptors (Lipinski definition) is 2. The van der Waals surface area contributed by atoms with E-state index in [1.165, 1.54) is 6.07 Å². The highest BCUT2D eigenvalue weighted by atomic mass is 79.9. The van der Waals surface area contributed by atoms with E-state index in [2.05, 4.69) is 26.6 Å². The van der Waals surface area contributed by atoms with Gasteiger partial charge in [-0.15, -0.1) is 0 Å². The monoisotopic (exact) mass is 436 g/mol. The molecule has 2 aromatic rings. The van der Waals surface area contributed by atoms with Crippen molar-refractivity contribution in [2.45, 2.75) is 0 Å². The van der Waals surface area contributed by atoms with Crippen molar-refractivity contribution in [2.24, 2.45) is 0 Å². The Balaban J connectivity index is 2.03. The van der Waals surface area contributed by atoms with Gasteiger partial charge in [-0.25, -0.2) is 0 Å². The van der Waals surface area contributed by atoms with Gasteiger partial charge in [0.1, 0.15) is 0 Å². The predicted octanol–water partition coefficient (Wildman–Crippen LogP) is 5.54. The van der Waals surface area contributed by atoms with E-state index < -0.39 is 0 Å². The van der Waals surface area contributed by atoms with Crippen molar-refractivity contribution in [3.63, 3.8) is 0 Å². The fourth-order valence-electron chi connectivity index (χ4n) is 1.55. The molecule has 0 atom stereocenters. The largest absolute Gasteiger partial charge is 0.332 e. The Bertz CT molecular complexity index is 755. The highest BCUT2D eigenvalue weighted by Crippen LogP contribution is 2.25. The van der Waals surface area contributed by atoms with Crippen LogP contribution in [-0.2, 0) is 0 Å². The van der Waals surface area contributed by atoms with Crippen LogP contribution in [0.2, 0.25) is 15.1 Å². The fourth-order valence-corrected chi connectivity index (χ4v) is 2.48. The van der Waals surface area contributed by atoms with Crippen molar-refractivity contribution < 1.29 is 4.79 Å². The van der Waals surface area contributed by atoms with Crippen LogP contribution in [0.3, 0.4) is 0 Å². The molecule has 2 aromatic carbocycles. The number of thiocarbonyl (C=S) groups is 1. The summed E-state index contributed by atoms with van der Waals surface area (Å²) >= 11 is 26.1. The van der Waals surface area contributed by atoms with Crippen LogP contribution in [0.5, 0.6) is 0 Å². The molecule has 0 heterocycles. The second-order valence-corrected chi connectivity index (χ2v) is 6.65. The number of benzene rings is 2. The third-order valence-electron chi connectivity index (χ3n) is 2.59. The molecule has 0 spiro atoms. The number of rotatable bonds is 2. The van der Waals surface area contributed by atoms with Gasteiger partial charge in [-0.2, -0.15) is 0 Å². The Morgan fingerprint density at radius 3 is 2.36 bits per heavy atom. The Labute approximate surface area is 156 Å². The summed E-state index contributed by atoms with van der Waals surface area (Å²) in [5.74, 6) is -0.390. The van der Waals surface area contributed by atoms with Crippen LogP contribution in [0.4, 0.5) is 5.69 Å². The van der Waals surface area contributed by atoms with E-state index in [9.17, 15) is 4.79 Å². The average Bonchev–Trinajstić information content (AvgIpc) is 2.45. The van der Waals surface area contributed by atoms with Crippen molar-refractivity contribution in [3.8, 4) is 0 Å². The van der Waals surface area contributed by atoms with Gasteiger partial charge in [0.05, 0.1) is 15.1 Å². The SMILES string of the molecule is O=C(NC(=S)Nc1ccc(Br)c(Cl)c1)c1ccc(Cl)c(Cl)c1. The fraction of sp³-hybridized carbons (Fsp3) is 0. The second-order valence-electron chi connectivity index (χ2n) is 4.17. The Morgan fingerprint density at radius 2 is 1.73 bits per heavy atom. The number of anilines is 1. The van der Waals surface area contributed by atoms with Gasteiger partial charge in [0.25, 0.3) is 5.91 Å². The summed E-state index contributed by atoms with van der Waals surface area (Å²) in [4.78, 5) is 12.1. The molecule has 0 aromatic heterocycles. The minimum Gasteiger partial charge on any atom is -0.332 e. The zero-order valence-corrected chi connectivity index (χ0v) is 15.5. The third kappa shape index (κ3) is 4.57. The van der Waals surface area contributed by atoms with Crippen LogP contribution in [-0.4, -0.2) is 11.0 Å².